The van der Waals surface area contributed by atoms with Gasteiger partial charge in [-0.2, -0.15) is 0 Å². The van der Waals surface area contributed by atoms with Crippen LogP contribution in [0.3, 0.4) is 0 Å². The van der Waals surface area contributed by atoms with Gasteiger partial charge >= 0.3 is 0 Å². The number of carbonyl (C=O) groups excluding carboxylic acids is 1. The van der Waals surface area contributed by atoms with E-state index in [0.717, 1.165) is 41.8 Å². The number of hydrogen-bond donors (Lipinski definition) is 1. The number of amides is 1. The molecule has 1 atom stereocenters. The predicted molar refractivity (Wildman–Crippen MR) is 87.6 cm³/mol. The van der Waals surface area contributed by atoms with Crippen molar-refractivity contribution >= 4 is 32.6 Å². The van der Waals surface area contributed by atoms with Crippen molar-refractivity contribution in [2.24, 2.45) is 0 Å². The lowest BCUT2D eigenvalue weighted by atomic mass is 10.0. The highest BCUT2D eigenvalue weighted by Crippen LogP contribution is 2.29. The van der Waals surface area contributed by atoms with E-state index in [4.69, 9.17) is 9.47 Å². The van der Waals surface area contributed by atoms with Crippen molar-refractivity contribution < 1.29 is 14.3 Å². The first kappa shape index (κ1) is 15.2. The molecule has 0 aliphatic carbocycles. The molecule has 0 radical (unpaired) electrons. The van der Waals surface area contributed by atoms with Crippen LogP contribution in [0.25, 0.3) is 10.2 Å². The molecule has 2 aromatic rings. The number of benzene rings is 1. The Hall–Kier alpha value is -1.66. The first-order valence-electron chi connectivity index (χ1n) is 7.60. The van der Waals surface area contributed by atoms with Crippen LogP contribution in [-0.2, 0) is 9.53 Å². The Kier molecular flexibility index (Phi) is 4.90. The van der Waals surface area contributed by atoms with Gasteiger partial charge in [-0.25, -0.2) is 4.98 Å². The molecule has 1 aromatic carbocycles. The van der Waals surface area contributed by atoms with E-state index in [1.807, 2.05) is 18.2 Å². The minimum absolute atomic E-state index is 0.000180. The molecule has 0 saturated carbocycles. The lowest BCUT2D eigenvalue weighted by molar-refractivity contribution is -0.117. The van der Waals surface area contributed by atoms with Crippen molar-refractivity contribution in [1.82, 2.24) is 4.98 Å². The van der Waals surface area contributed by atoms with Gasteiger partial charge < -0.3 is 14.8 Å². The summed E-state index contributed by atoms with van der Waals surface area (Å²) in [6.07, 6.45) is 4.89. The van der Waals surface area contributed by atoms with Crippen LogP contribution in [0.1, 0.15) is 32.1 Å². The fourth-order valence-corrected chi connectivity index (χ4v) is 3.50. The predicted octanol–water partition coefficient (Wildman–Crippen LogP) is 3.59. The molecule has 1 saturated heterocycles. The van der Waals surface area contributed by atoms with E-state index in [0.29, 0.717) is 11.6 Å². The summed E-state index contributed by atoms with van der Waals surface area (Å²) in [5.74, 6) is 0.795. The first-order chi connectivity index (χ1) is 10.7. The fourth-order valence-electron chi connectivity index (χ4n) is 2.59. The minimum Gasteiger partial charge on any atom is -0.497 e. The van der Waals surface area contributed by atoms with Crippen molar-refractivity contribution in [3.63, 3.8) is 0 Å². The van der Waals surface area contributed by atoms with Gasteiger partial charge in [0.2, 0.25) is 5.91 Å². The maximum Gasteiger partial charge on any atom is 0.226 e. The zero-order valence-corrected chi connectivity index (χ0v) is 13.4. The molecular formula is C16H20N2O3S. The SMILES string of the molecule is COc1ccc2nc(NC(=O)CCC3CCCCO3)sc2c1. The van der Waals surface area contributed by atoms with E-state index in [-0.39, 0.29) is 12.0 Å². The van der Waals surface area contributed by atoms with Gasteiger partial charge in [0, 0.05) is 13.0 Å². The second-order valence-electron chi connectivity index (χ2n) is 5.43. The van der Waals surface area contributed by atoms with E-state index in [1.54, 1.807) is 7.11 Å². The van der Waals surface area contributed by atoms with Gasteiger partial charge in [0.15, 0.2) is 5.13 Å². The molecule has 0 spiro atoms. The third kappa shape index (κ3) is 3.75. The molecule has 118 valence electrons. The average molecular weight is 320 g/mol. The molecular weight excluding hydrogens is 300 g/mol. The topological polar surface area (TPSA) is 60.5 Å². The summed E-state index contributed by atoms with van der Waals surface area (Å²) in [6.45, 7) is 0.825. The van der Waals surface area contributed by atoms with Crippen molar-refractivity contribution in [2.45, 2.75) is 38.2 Å². The lowest BCUT2D eigenvalue weighted by Gasteiger charge is -2.21. The minimum atomic E-state index is 0.000180. The number of rotatable bonds is 5. The summed E-state index contributed by atoms with van der Waals surface area (Å²) < 4.78 is 11.8. The third-order valence-electron chi connectivity index (χ3n) is 3.81. The Balaban J connectivity index is 1.56. The Bertz CT molecular complexity index is 650. The molecule has 22 heavy (non-hydrogen) atoms. The highest BCUT2D eigenvalue weighted by molar-refractivity contribution is 7.22. The lowest BCUT2D eigenvalue weighted by Crippen LogP contribution is -2.21. The van der Waals surface area contributed by atoms with Crippen molar-refractivity contribution in [3.8, 4) is 5.75 Å². The van der Waals surface area contributed by atoms with Crippen LogP contribution in [-0.4, -0.2) is 30.7 Å². The van der Waals surface area contributed by atoms with E-state index >= 15 is 0 Å². The summed E-state index contributed by atoms with van der Waals surface area (Å²) >= 11 is 1.46. The summed E-state index contributed by atoms with van der Waals surface area (Å²) in [5, 5.41) is 3.52. The highest BCUT2D eigenvalue weighted by Gasteiger charge is 2.16. The number of carbonyl (C=O) groups is 1. The van der Waals surface area contributed by atoms with Crippen LogP contribution in [0.2, 0.25) is 0 Å². The Morgan fingerprint density at radius 1 is 1.50 bits per heavy atom. The largest absolute Gasteiger partial charge is 0.497 e. The number of thiazole rings is 1. The maximum atomic E-state index is 12.0. The molecule has 1 aliphatic heterocycles. The molecule has 6 heteroatoms. The quantitative estimate of drug-likeness (QED) is 0.914. The number of anilines is 1. The van der Waals surface area contributed by atoms with Gasteiger partial charge in [-0.15, -0.1) is 0 Å². The maximum absolute atomic E-state index is 12.0. The van der Waals surface area contributed by atoms with E-state index in [1.165, 1.54) is 17.8 Å². The Morgan fingerprint density at radius 3 is 3.18 bits per heavy atom. The van der Waals surface area contributed by atoms with Crippen LogP contribution in [0.5, 0.6) is 5.75 Å². The molecule has 0 bridgehead atoms. The van der Waals surface area contributed by atoms with Gasteiger partial charge in [-0.1, -0.05) is 11.3 Å². The number of ether oxygens (including phenoxy) is 2. The van der Waals surface area contributed by atoms with E-state index in [2.05, 4.69) is 10.3 Å². The number of methoxy groups -OCH3 is 1. The zero-order chi connectivity index (χ0) is 15.4. The molecule has 1 aliphatic rings. The number of aromatic nitrogens is 1. The zero-order valence-electron chi connectivity index (χ0n) is 12.6. The standard InChI is InChI=1S/C16H20N2O3S/c1-20-12-5-7-13-14(10-12)22-16(17-13)18-15(19)8-6-11-4-2-3-9-21-11/h5,7,10-11H,2-4,6,8-9H2,1H3,(H,17,18,19). The Labute approximate surface area is 133 Å². The van der Waals surface area contributed by atoms with Crippen LogP contribution in [0, 0.1) is 0 Å². The second kappa shape index (κ2) is 7.07. The molecule has 1 N–H and O–H groups in total. The fraction of sp³-hybridized carbons (Fsp3) is 0.500. The molecule has 2 heterocycles. The van der Waals surface area contributed by atoms with Crippen molar-refractivity contribution in [1.29, 1.82) is 0 Å². The monoisotopic (exact) mass is 320 g/mol. The molecule has 3 rings (SSSR count). The van der Waals surface area contributed by atoms with Gasteiger partial charge in [-0.05, 0) is 43.9 Å². The Morgan fingerprint density at radius 2 is 2.41 bits per heavy atom. The number of nitrogens with zero attached hydrogens (tertiary/aromatic N) is 1. The molecule has 5 nitrogen and oxygen atoms in total. The van der Waals surface area contributed by atoms with Gasteiger partial charge in [0.05, 0.1) is 23.4 Å². The first-order valence-corrected chi connectivity index (χ1v) is 8.42. The van der Waals surface area contributed by atoms with Crippen LogP contribution in [0.15, 0.2) is 18.2 Å². The smallest absolute Gasteiger partial charge is 0.226 e. The summed E-state index contributed by atoms with van der Waals surface area (Å²) in [7, 11) is 1.64. The van der Waals surface area contributed by atoms with Gasteiger partial charge in [0.25, 0.3) is 0 Å². The van der Waals surface area contributed by atoms with Crippen LogP contribution in [0.4, 0.5) is 5.13 Å². The summed E-state index contributed by atoms with van der Waals surface area (Å²) in [4.78, 5) is 16.5. The number of nitrogens with one attached hydrogen (secondary N) is 1. The third-order valence-corrected chi connectivity index (χ3v) is 4.74. The molecule has 1 amide bonds. The molecule has 1 fully saturated rings. The van der Waals surface area contributed by atoms with Crippen molar-refractivity contribution in [3.05, 3.63) is 18.2 Å². The second-order valence-corrected chi connectivity index (χ2v) is 6.46. The van der Waals surface area contributed by atoms with E-state index < -0.39 is 0 Å². The van der Waals surface area contributed by atoms with Gasteiger partial charge in [-0.3, -0.25) is 4.79 Å². The number of hydrogen-bond acceptors (Lipinski definition) is 5. The average Bonchev–Trinajstić information content (AvgIpc) is 2.95. The summed E-state index contributed by atoms with van der Waals surface area (Å²) in [6, 6.07) is 5.70. The molecule has 1 aromatic heterocycles. The summed E-state index contributed by atoms with van der Waals surface area (Å²) in [5.41, 5.74) is 0.872. The van der Waals surface area contributed by atoms with Crippen LogP contribution >= 0.6 is 11.3 Å². The van der Waals surface area contributed by atoms with Crippen molar-refractivity contribution in [2.75, 3.05) is 19.0 Å². The van der Waals surface area contributed by atoms with Crippen LogP contribution < -0.4 is 10.1 Å². The van der Waals surface area contributed by atoms with E-state index in [9.17, 15) is 4.79 Å². The molecule has 1 unspecified atom stereocenters. The normalized spacial score (nSPS) is 18.3. The van der Waals surface area contributed by atoms with Gasteiger partial charge in [0.1, 0.15) is 5.75 Å². The highest BCUT2D eigenvalue weighted by atomic mass is 32.1. The number of fused-ring (bicyclic) bond motifs is 1.